The molecule has 2 heterocycles. The van der Waals surface area contributed by atoms with Crippen LogP contribution < -0.4 is 16.3 Å². The van der Waals surface area contributed by atoms with Gasteiger partial charge < -0.3 is 15.1 Å². The molecule has 0 aliphatic carbocycles. The third kappa shape index (κ3) is 3.78. The molecule has 6 heteroatoms. The molecule has 0 aliphatic rings. The summed E-state index contributed by atoms with van der Waals surface area (Å²) in [5.74, 6) is -0.122. The number of carbonyl (C=O) groups is 1. The number of carbonyl (C=O) groups excluding carboxylic acids is 1. The number of nitrogens with one attached hydrogen (secondary N) is 2. The lowest BCUT2D eigenvalue weighted by molar-refractivity contribution is 0.0953. The maximum absolute atomic E-state index is 11.9. The van der Waals surface area contributed by atoms with Gasteiger partial charge in [0, 0.05) is 42.5 Å². The molecule has 0 saturated heterocycles. The summed E-state index contributed by atoms with van der Waals surface area (Å²) in [6.07, 6.45) is 3.90. The second-order valence-electron chi connectivity index (χ2n) is 5.25. The predicted octanol–water partition coefficient (Wildman–Crippen LogP) is 2.42. The van der Waals surface area contributed by atoms with E-state index in [4.69, 9.17) is 4.42 Å². The van der Waals surface area contributed by atoms with Gasteiger partial charge in [0.2, 0.25) is 0 Å². The zero-order chi connectivity index (χ0) is 16.8. The van der Waals surface area contributed by atoms with E-state index in [2.05, 4.69) is 15.6 Å². The van der Waals surface area contributed by atoms with Crippen molar-refractivity contribution >= 4 is 22.6 Å². The summed E-state index contributed by atoms with van der Waals surface area (Å²) in [6.45, 7) is 1.16. The normalized spacial score (nSPS) is 10.5. The van der Waals surface area contributed by atoms with Gasteiger partial charge in [0.05, 0.1) is 5.69 Å². The topological polar surface area (TPSA) is 84.2 Å². The first-order valence-electron chi connectivity index (χ1n) is 7.69. The van der Waals surface area contributed by atoms with E-state index in [0.717, 1.165) is 17.5 Å². The molecule has 0 bridgehead atoms. The lowest BCUT2D eigenvalue weighted by Gasteiger charge is -2.09. The average Bonchev–Trinajstić information content (AvgIpc) is 2.61. The second-order valence-corrected chi connectivity index (χ2v) is 5.25. The minimum atomic E-state index is -0.387. The minimum absolute atomic E-state index is 0.122. The second kappa shape index (κ2) is 7.41. The molecule has 3 rings (SSSR count). The van der Waals surface area contributed by atoms with Crippen LogP contribution in [0.2, 0.25) is 0 Å². The molecule has 1 amide bonds. The quantitative estimate of drug-likeness (QED) is 0.537. The fraction of sp³-hybridized carbons (Fsp3) is 0.167. The van der Waals surface area contributed by atoms with E-state index in [-0.39, 0.29) is 11.5 Å². The lowest BCUT2D eigenvalue weighted by atomic mass is 10.2. The molecular formula is C18H17N3O3. The van der Waals surface area contributed by atoms with Crippen LogP contribution in [0.3, 0.4) is 0 Å². The molecule has 2 aromatic heterocycles. The fourth-order valence-electron chi connectivity index (χ4n) is 2.38. The van der Waals surface area contributed by atoms with Crippen LogP contribution >= 0.6 is 0 Å². The highest BCUT2D eigenvalue weighted by atomic mass is 16.4. The van der Waals surface area contributed by atoms with Gasteiger partial charge in [0.15, 0.2) is 0 Å². The summed E-state index contributed by atoms with van der Waals surface area (Å²) in [5.41, 5.74) is 1.49. The molecule has 6 nitrogen and oxygen atoms in total. The molecule has 0 aliphatic heterocycles. The largest absolute Gasteiger partial charge is 0.423 e. The Morgan fingerprint density at radius 3 is 2.71 bits per heavy atom. The van der Waals surface area contributed by atoms with Crippen LogP contribution in [0.1, 0.15) is 16.8 Å². The van der Waals surface area contributed by atoms with Crippen LogP contribution in [0.4, 0.5) is 5.69 Å². The maximum atomic E-state index is 11.9. The summed E-state index contributed by atoms with van der Waals surface area (Å²) >= 11 is 0. The van der Waals surface area contributed by atoms with Crippen LogP contribution in [-0.4, -0.2) is 24.0 Å². The number of hydrogen-bond acceptors (Lipinski definition) is 5. The van der Waals surface area contributed by atoms with Gasteiger partial charge in [-0.25, -0.2) is 4.79 Å². The smallest absolute Gasteiger partial charge is 0.338 e. The number of fused-ring (bicyclic) bond motifs is 1. The standard InChI is InChI=1S/C18H17N3O3/c22-17-12-15(14-4-1-2-5-16(14)24-17)20-8-3-9-21-18(23)13-6-10-19-11-7-13/h1-2,4-7,10-12,20H,3,8-9H2,(H,21,23). The van der Waals surface area contributed by atoms with E-state index < -0.39 is 0 Å². The summed E-state index contributed by atoms with van der Waals surface area (Å²) in [6, 6.07) is 12.2. The molecule has 0 fully saturated rings. The van der Waals surface area contributed by atoms with Gasteiger partial charge >= 0.3 is 5.63 Å². The Bertz CT molecular complexity index is 891. The van der Waals surface area contributed by atoms with Crippen molar-refractivity contribution in [2.24, 2.45) is 0 Å². The molecule has 0 spiro atoms. The van der Waals surface area contributed by atoms with Crippen molar-refractivity contribution in [1.29, 1.82) is 0 Å². The Morgan fingerprint density at radius 2 is 1.88 bits per heavy atom. The van der Waals surface area contributed by atoms with Gasteiger partial charge in [0.1, 0.15) is 5.58 Å². The van der Waals surface area contributed by atoms with E-state index in [0.29, 0.717) is 24.2 Å². The van der Waals surface area contributed by atoms with Crippen molar-refractivity contribution in [2.45, 2.75) is 6.42 Å². The van der Waals surface area contributed by atoms with Crippen molar-refractivity contribution in [3.8, 4) is 0 Å². The number of benzene rings is 1. The summed E-state index contributed by atoms with van der Waals surface area (Å²) in [7, 11) is 0. The van der Waals surface area contributed by atoms with Gasteiger partial charge in [-0.15, -0.1) is 0 Å². The summed E-state index contributed by atoms with van der Waals surface area (Å²) < 4.78 is 5.15. The van der Waals surface area contributed by atoms with Crippen LogP contribution in [-0.2, 0) is 0 Å². The third-order valence-corrected chi connectivity index (χ3v) is 3.55. The van der Waals surface area contributed by atoms with Crippen LogP contribution in [0.25, 0.3) is 11.0 Å². The van der Waals surface area contributed by atoms with Gasteiger partial charge in [-0.2, -0.15) is 0 Å². The first kappa shape index (κ1) is 15.7. The van der Waals surface area contributed by atoms with Crippen molar-refractivity contribution in [3.05, 3.63) is 70.8 Å². The zero-order valence-corrected chi connectivity index (χ0v) is 13.0. The molecule has 2 N–H and O–H groups in total. The number of pyridine rings is 1. The van der Waals surface area contributed by atoms with Gasteiger partial charge in [-0.1, -0.05) is 12.1 Å². The maximum Gasteiger partial charge on any atom is 0.338 e. The fourth-order valence-corrected chi connectivity index (χ4v) is 2.38. The van der Waals surface area contributed by atoms with Crippen LogP contribution in [0, 0.1) is 0 Å². The lowest BCUT2D eigenvalue weighted by Crippen LogP contribution is -2.25. The highest BCUT2D eigenvalue weighted by Gasteiger charge is 2.05. The molecule has 0 saturated carbocycles. The Kier molecular flexibility index (Phi) is 4.86. The van der Waals surface area contributed by atoms with Crippen molar-refractivity contribution < 1.29 is 9.21 Å². The molecule has 0 atom stereocenters. The van der Waals surface area contributed by atoms with Gasteiger partial charge in [-0.3, -0.25) is 9.78 Å². The van der Waals surface area contributed by atoms with Gasteiger partial charge in [-0.05, 0) is 30.7 Å². The molecular weight excluding hydrogens is 306 g/mol. The Labute approximate surface area is 138 Å². The summed E-state index contributed by atoms with van der Waals surface area (Å²) in [5, 5.41) is 6.93. The Morgan fingerprint density at radius 1 is 1.08 bits per heavy atom. The highest BCUT2D eigenvalue weighted by Crippen LogP contribution is 2.20. The van der Waals surface area contributed by atoms with E-state index in [1.165, 1.54) is 6.07 Å². The highest BCUT2D eigenvalue weighted by molar-refractivity contribution is 5.94. The predicted molar refractivity (Wildman–Crippen MR) is 92.2 cm³/mol. The van der Waals surface area contributed by atoms with Crippen molar-refractivity contribution in [3.63, 3.8) is 0 Å². The van der Waals surface area contributed by atoms with Crippen molar-refractivity contribution in [1.82, 2.24) is 10.3 Å². The first-order valence-corrected chi connectivity index (χ1v) is 7.69. The average molecular weight is 323 g/mol. The number of anilines is 1. The van der Waals surface area contributed by atoms with E-state index in [1.807, 2.05) is 18.2 Å². The van der Waals surface area contributed by atoms with Crippen LogP contribution in [0.5, 0.6) is 0 Å². The molecule has 0 radical (unpaired) electrons. The number of para-hydroxylation sites is 1. The zero-order valence-electron chi connectivity index (χ0n) is 13.0. The molecule has 1 aromatic carbocycles. The monoisotopic (exact) mass is 323 g/mol. The first-order chi connectivity index (χ1) is 11.7. The number of nitrogens with zero attached hydrogens (tertiary/aromatic N) is 1. The number of amides is 1. The van der Waals surface area contributed by atoms with E-state index in [1.54, 1.807) is 30.6 Å². The molecule has 122 valence electrons. The van der Waals surface area contributed by atoms with E-state index >= 15 is 0 Å². The molecule has 0 unspecified atom stereocenters. The van der Waals surface area contributed by atoms with Crippen molar-refractivity contribution in [2.75, 3.05) is 18.4 Å². The SMILES string of the molecule is O=C(NCCCNc1cc(=O)oc2ccccc12)c1ccncc1. The number of rotatable bonds is 6. The minimum Gasteiger partial charge on any atom is -0.423 e. The third-order valence-electron chi connectivity index (χ3n) is 3.55. The van der Waals surface area contributed by atoms with Crippen LogP contribution in [0.15, 0.2) is 64.1 Å². The number of aromatic nitrogens is 1. The Balaban J connectivity index is 1.52. The van der Waals surface area contributed by atoms with Gasteiger partial charge in [0.25, 0.3) is 5.91 Å². The number of hydrogen-bond donors (Lipinski definition) is 2. The Hall–Kier alpha value is -3.15. The molecule has 3 aromatic rings. The van der Waals surface area contributed by atoms with E-state index in [9.17, 15) is 9.59 Å². The summed E-state index contributed by atoms with van der Waals surface area (Å²) in [4.78, 5) is 27.3. The molecule has 24 heavy (non-hydrogen) atoms.